The number of para-hydroxylation sites is 1. The molecule has 1 fully saturated rings. The van der Waals surface area contributed by atoms with Crippen LogP contribution in [-0.2, 0) is 16.1 Å². The Morgan fingerprint density at radius 2 is 2.10 bits per heavy atom. The Balaban J connectivity index is 1.89. The van der Waals surface area contributed by atoms with Gasteiger partial charge in [-0.05, 0) is 12.8 Å². The van der Waals surface area contributed by atoms with Crippen molar-refractivity contribution in [2.24, 2.45) is 0 Å². The Labute approximate surface area is 122 Å². The molecule has 0 aromatic heterocycles. The largest absolute Gasteiger partial charge is 0.350 e. The molecule has 1 heterocycles. The van der Waals surface area contributed by atoms with Gasteiger partial charge in [-0.25, -0.2) is 0 Å². The van der Waals surface area contributed by atoms with Crippen LogP contribution in [0.15, 0.2) is 24.3 Å². The summed E-state index contributed by atoms with van der Waals surface area (Å²) in [5, 5.41) is 13.5. The Hall–Kier alpha value is -2.44. The van der Waals surface area contributed by atoms with Crippen molar-refractivity contribution in [3.05, 3.63) is 39.9 Å². The first-order chi connectivity index (χ1) is 10.1. The molecule has 0 unspecified atom stereocenters. The van der Waals surface area contributed by atoms with E-state index in [9.17, 15) is 19.7 Å². The Bertz CT molecular complexity index is 559. The molecule has 0 saturated carbocycles. The number of piperidine rings is 1. The zero-order valence-electron chi connectivity index (χ0n) is 11.6. The highest BCUT2D eigenvalue weighted by molar-refractivity contribution is 5.85. The summed E-state index contributed by atoms with van der Waals surface area (Å²) in [6.07, 6.45) is 2.26. The van der Waals surface area contributed by atoms with Gasteiger partial charge in [-0.3, -0.25) is 19.7 Å². The molecule has 2 amide bonds. The van der Waals surface area contributed by atoms with Crippen LogP contribution in [0.2, 0.25) is 0 Å². The number of nitro benzene ring substituents is 1. The van der Waals surface area contributed by atoms with Gasteiger partial charge in [0, 0.05) is 31.1 Å². The SMILES string of the molecule is O=C(CN1CCCCC1=O)NCc1ccccc1[N+](=O)[O-]. The maximum atomic E-state index is 11.8. The second-order valence-electron chi connectivity index (χ2n) is 4.93. The monoisotopic (exact) mass is 291 g/mol. The van der Waals surface area contributed by atoms with Gasteiger partial charge in [-0.1, -0.05) is 18.2 Å². The summed E-state index contributed by atoms with van der Waals surface area (Å²) >= 11 is 0. The van der Waals surface area contributed by atoms with Gasteiger partial charge in [0.25, 0.3) is 5.69 Å². The third-order valence-electron chi connectivity index (χ3n) is 3.42. The molecule has 0 atom stereocenters. The Morgan fingerprint density at radius 3 is 2.81 bits per heavy atom. The van der Waals surface area contributed by atoms with Gasteiger partial charge in [0.15, 0.2) is 0 Å². The van der Waals surface area contributed by atoms with E-state index in [4.69, 9.17) is 0 Å². The third-order valence-corrected chi connectivity index (χ3v) is 3.42. The van der Waals surface area contributed by atoms with Crippen LogP contribution in [0, 0.1) is 10.1 Å². The lowest BCUT2D eigenvalue weighted by molar-refractivity contribution is -0.385. The van der Waals surface area contributed by atoms with Gasteiger partial charge in [0.1, 0.15) is 0 Å². The summed E-state index contributed by atoms with van der Waals surface area (Å²) in [5.74, 6) is -0.314. The quantitative estimate of drug-likeness (QED) is 0.652. The number of carbonyl (C=O) groups excluding carboxylic acids is 2. The molecule has 0 radical (unpaired) electrons. The van der Waals surface area contributed by atoms with Crippen LogP contribution in [0.1, 0.15) is 24.8 Å². The number of hydrogen-bond acceptors (Lipinski definition) is 4. The van der Waals surface area contributed by atoms with E-state index in [1.54, 1.807) is 18.2 Å². The Morgan fingerprint density at radius 1 is 1.33 bits per heavy atom. The summed E-state index contributed by atoms with van der Waals surface area (Å²) in [4.78, 5) is 35.4. The summed E-state index contributed by atoms with van der Waals surface area (Å²) in [6, 6.07) is 6.26. The molecule has 7 heteroatoms. The second-order valence-corrected chi connectivity index (χ2v) is 4.93. The number of nitrogens with zero attached hydrogens (tertiary/aromatic N) is 2. The van der Waals surface area contributed by atoms with Crippen molar-refractivity contribution in [3.63, 3.8) is 0 Å². The average Bonchev–Trinajstić information content (AvgIpc) is 2.48. The van der Waals surface area contributed by atoms with Crippen LogP contribution < -0.4 is 5.32 Å². The molecule has 2 rings (SSSR count). The van der Waals surface area contributed by atoms with Gasteiger partial charge in [-0.2, -0.15) is 0 Å². The fourth-order valence-corrected chi connectivity index (χ4v) is 2.29. The van der Waals surface area contributed by atoms with E-state index in [2.05, 4.69) is 5.32 Å². The van der Waals surface area contributed by atoms with Gasteiger partial charge >= 0.3 is 0 Å². The highest BCUT2D eigenvalue weighted by Gasteiger charge is 2.20. The molecule has 0 aliphatic carbocycles. The number of amides is 2. The standard InChI is InChI=1S/C14H17N3O4/c18-13(10-16-8-4-3-7-14(16)19)15-9-11-5-1-2-6-12(11)17(20)21/h1-2,5-6H,3-4,7-10H2,(H,15,18). The Kier molecular flexibility index (Phi) is 4.86. The van der Waals surface area contributed by atoms with E-state index < -0.39 is 4.92 Å². The molecular weight excluding hydrogens is 274 g/mol. The first-order valence-electron chi connectivity index (χ1n) is 6.84. The fraction of sp³-hybridized carbons (Fsp3) is 0.429. The first kappa shape index (κ1) is 15.0. The van der Waals surface area contributed by atoms with Crippen molar-refractivity contribution in [1.82, 2.24) is 10.2 Å². The fourth-order valence-electron chi connectivity index (χ4n) is 2.29. The second kappa shape index (κ2) is 6.83. The zero-order valence-corrected chi connectivity index (χ0v) is 11.6. The highest BCUT2D eigenvalue weighted by atomic mass is 16.6. The van der Waals surface area contributed by atoms with Gasteiger partial charge < -0.3 is 10.2 Å². The third kappa shape index (κ3) is 4.01. The molecule has 1 saturated heterocycles. The summed E-state index contributed by atoms with van der Waals surface area (Å²) in [5.41, 5.74) is 0.424. The predicted molar refractivity (Wildman–Crippen MR) is 75.4 cm³/mol. The topological polar surface area (TPSA) is 92.6 Å². The van der Waals surface area contributed by atoms with Crippen molar-refractivity contribution in [3.8, 4) is 0 Å². The number of benzene rings is 1. The predicted octanol–water partition coefficient (Wildman–Crippen LogP) is 1.22. The van der Waals surface area contributed by atoms with Crippen molar-refractivity contribution >= 4 is 17.5 Å². The lowest BCUT2D eigenvalue weighted by Crippen LogP contribution is -2.42. The van der Waals surface area contributed by atoms with Crippen LogP contribution in [-0.4, -0.2) is 34.7 Å². The van der Waals surface area contributed by atoms with Crippen molar-refractivity contribution in [1.29, 1.82) is 0 Å². The number of rotatable bonds is 5. The lowest BCUT2D eigenvalue weighted by Gasteiger charge is -2.25. The number of carbonyl (C=O) groups is 2. The first-order valence-corrected chi connectivity index (χ1v) is 6.84. The van der Waals surface area contributed by atoms with Crippen LogP contribution in [0.3, 0.4) is 0 Å². The van der Waals surface area contributed by atoms with E-state index >= 15 is 0 Å². The smallest absolute Gasteiger partial charge is 0.274 e. The van der Waals surface area contributed by atoms with Crippen LogP contribution in [0.25, 0.3) is 0 Å². The molecule has 1 aliphatic heterocycles. The minimum atomic E-state index is -0.477. The maximum absolute atomic E-state index is 11.8. The van der Waals surface area contributed by atoms with Crippen LogP contribution in [0.5, 0.6) is 0 Å². The molecule has 1 aromatic carbocycles. The minimum absolute atomic E-state index is 0.0120. The number of likely N-dealkylation sites (tertiary alicyclic amines) is 1. The molecule has 112 valence electrons. The van der Waals surface area contributed by atoms with E-state index in [0.29, 0.717) is 18.5 Å². The zero-order chi connectivity index (χ0) is 15.2. The molecular formula is C14H17N3O4. The van der Waals surface area contributed by atoms with Gasteiger partial charge in [0.2, 0.25) is 11.8 Å². The molecule has 7 nitrogen and oxygen atoms in total. The van der Waals surface area contributed by atoms with Crippen LogP contribution in [0.4, 0.5) is 5.69 Å². The van der Waals surface area contributed by atoms with Crippen molar-refractivity contribution in [2.75, 3.05) is 13.1 Å². The number of nitro groups is 1. The summed E-state index contributed by atoms with van der Waals surface area (Å²) in [7, 11) is 0. The molecule has 0 spiro atoms. The van der Waals surface area contributed by atoms with Gasteiger partial charge in [-0.15, -0.1) is 0 Å². The molecule has 21 heavy (non-hydrogen) atoms. The summed E-state index contributed by atoms with van der Waals surface area (Å²) < 4.78 is 0. The average molecular weight is 291 g/mol. The van der Waals surface area contributed by atoms with E-state index in [1.807, 2.05) is 0 Å². The minimum Gasteiger partial charge on any atom is -0.350 e. The van der Waals surface area contributed by atoms with E-state index in [-0.39, 0.29) is 30.6 Å². The molecule has 0 bridgehead atoms. The lowest BCUT2D eigenvalue weighted by atomic mass is 10.1. The maximum Gasteiger partial charge on any atom is 0.274 e. The highest BCUT2D eigenvalue weighted by Crippen LogP contribution is 2.17. The molecule has 1 N–H and O–H groups in total. The van der Waals surface area contributed by atoms with Crippen molar-refractivity contribution < 1.29 is 14.5 Å². The van der Waals surface area contributed by atoms with Crippen molar-refractivity contribution in [2.45, 2.75) is 25.8 Å². The molecule has 1 aliphatic rings. The number of nitrogens with one attached hydrogen (secondary N) is 1. The molecule has 1 aromatic rings. The van der Waals surface area contributed by atoms with Crippen LogP contribution >= 0.6 is 0 Å². The van der Waals surface area contributed by atoms with Gasteiger partial charge in [0.05, 0.1) is 11.5 Å². The normalized spacial score (nSPS) is 14.9. The summed E-state index contributed by atoms with van der Waals surface area (Å²) in [6.45, 7) is 0.690. The van der Waals surface area contributed by atoms with E-state index in [0.717, 1.165) is 12.8 Å². The van der Waals surface area contributed by atoms with E-state index in [1.165, 1.54) is 11.0 Å². The number of hydrogen-bond donors (Lipinski definition) is 1.